The van der Waals surface area contributed by atoms with Gasteiger partial charge < -0.3 is 15.4 Å². The number of aromatic nitrogens is 1. The second-order valence-electron chi connectivity index (χ2n) is 5.31. The summed E-state index contributed by atoms with van der Waals surface area (Å²) in [6.07, 6.45) is 1.54. The van der Waals surface area contributed by atoms with E-state index in [1.54, 1.807) is 43.6 Å². The van der Waals surface area contributed by atoms with Crippen LogP contribution in [-0.4, -0.2) is 18.0 Å². The first-order valence-corrected chi connectivity index (χ1v) is 8.45. The van der Waals surface area contributed by atoms with Crippen molar-refractivity contribution < 1.29 is 9.53 Å². The Balaban J connectivity index is 1.82. The highest BCUT2D eigenvalue weighted by Gasteiger charge is 2.12. The molecule has 1 aromatic heterocycles. The van der Waals surface area contributed by atoms with E-state index in [4.69, 9.17) is 27.9 Å². The molecule has 0 aliphatic carbocycles. The van der Waals surface area contributed by atoms with Crippen LogP contribution in [0, 0.1) is 0 Å². The molecular formula is C19H15Cl2N3O2. The molecule has 0 aliphatic rings. The summed E-state index contributed by atoms with van der Waals surface area (Å²) in [6, 6.07) is 15.7. The van der Waals surface area contributed by atoms with E-state index in [-0.39, 0.29) is 5.91 Å². The number of amides is 1. The highest BCUT2D eigenvalue weighted by Crippen LogP contribution is 2.30. The van der Waals surface area contributed by atoms with Gasteiger partial charge in [0.25, 0.3) is 5.91 Å². The first-order valence-electron chi connectivity index (χ1n) is 7.70. The van der Waals surface area contributed by atoms with E-state index in [0.717, 1.165) is 5.69 Å². The molecule has 26 heavy (non-hydrogen) atoms. The molecule has 1 heterocycles. The van der Waals surface area contributed by atoms with Gasteiger partial charge in [0.1, 0.15) is 11.6 Å². The number of nitrogens with zero attached hydrogens (tertiary/aromatic N) is 1. The van der Waals surface area contributed by atoms with Crippen LogP contribution in [0.1, 0.15) is 10.4 Å². The lowest BCUT2D eigenvalue weighted by molar-refractivity contribution is 0.102. The molecule has 3 rings (SSSR count). The van der Waals surface area contributed by atoms with E-state index in [1.165, 1.54) is 0 Å². The topological polar surface area (TPSA) is 63.2 Å². The molecule has 2 N–H and O–H groups in total. The Morgan fingerprint density at radius 1 is 1.04 bits per heavy atom. The largest absolute Gasteiger partial charge is 0.495 e. The maximum Gasteiger partial charge on any atom is 0.255 e. The maximum atomic E-state index is 12.5. The Bertz CT molecular complexity index is 927. The number of anilines is 3. The van der Waals surface area contributed by atoms with Crippen LogP contribution in [-0.2, 0) is 0 Å². The summed E-state index contributed by atoms with van der Waals surface area (Å²) in [5, 5.41) is 6.60. The third-order valence-corrected chi connectivity index (χ3v) is 4.22. The summed E-state index contributed by atoms with van der Waals surface area (Å²) in [4.78, 5) is 16.8. The molecule has 0 bridgehead atoms. The number of halogens is 2. The lowest BCUT2D eigenvalue weighted by Crippen LogP contribution is -2.13. The van der Waals surface area contributed by atoms with Gasteiger partial charge in [-0.2, -0.15) is 0 Å². The summed E-state index contributed by atoms with van der Waals surface area (Å²) >= 11 is 12.2. The fourth-order valence-corrected chi connectivity index (χ4v) is 2.82. The molecule has 5 nitrogen and oxygen atoms in total. The van der Waals surface area contributed by atoms with Crippen molar-refractivity contribution in [1.29, 1.82) is 0 Å². The molecule has 0 unspecified atom stereocenters. The third kappa shape index (κ3) is 4.07. The van der Waals surface area contributed by atoms with Crippen LogP contribution < -0.4 is 15.4 Å². The number of benzene rings is 2. The normalized spacial score (nSPS) is 10.3. The fraction of sp³-hybridized carbons (Fsp3) is 0.0526. The van der Waals surface area contributed by atoms with Crippen molar-refractivity contribution in [2.75, 3.05) is 17.7 Å². The number of nitrogens with one attached hydrogen (secondary N) is 2. The molecule has 2 aromatic carbocycles. The van der Waals surface area contributed by atoms with Crippen molar-refractivity contribution in [3.8, 4) is 5.75 Å². The Hall–Kier alpha value is -2.76. The van der Waals surface area contributed by atoms with E-state index in [1.807, 2.05) is 24.3 Å². The maximum absolute atomic E-state index is 12.5. The molecular weight excluding hydrogens is 373 g/mol. The molecule has 1 amide bonds. The molecule has 0 saturated carbocycles. The fourth-order valence-electron chi connectivity index (χ4n) is 2.33. The number of para-hydroxylation sites is 3. The summed E-state index contributed by atoms with van der Waals surface area (Å²) in [5.74, 6) is 0.838. The number of methoxy groups -OCH3 is 1. The summed E-state index contributed by atoms with van der Waals surface area (Å²) in [6.45, 7) is 0. The second-order valence-corrected chi connectivity index (χ2v) is 6.12. The minimum absolute atomic E-state index is 0.342. The molecule has 0 spiro atoms. The van der Waals surface area contributed by atoms with Gasteiger partial charge in [-0.3, -0.25) is 4.79 Å². The van der Waals surface area contributed by atoms with Gasteiger partial charge in [0, 0.05) is 11.8 Å². The van der Waals surface area contributed by atoms with Crippen molar-refractivity contribution >= 4 is 46.3 Å². The zero-order valence-electron chi connectivity index (χ0n) is 13.8. The lowest BCUT2D eigenvalue weighted by Gasteiger charge is -2.12. The average Bonchev–Trinajstić information content (AvgIpc) is 2.65. The van der Waals surface area contributed by atoms with Crippen LogP contribution in [0.4, 0.5) is 17.2 Å². The van der Waals surface area contributed by atoms with Crippen molar-refractivity contribution in [3.05, 3.63) is 76.4 Å². The first kappa shape index (κ1) is 18.0. The second kappa shape index (κ2) is 8.08. The third-order valence-electron chi connectivity index (χ3n) is 3.59. The number of carbonyl (C=O) groups is 1. The summed E-state index contributed by atoms with van der Waals surface area (Å²) in [7, 11) is 1.59. The number of ether oxygens (including phenoxy) is 1. The molecule has 132 valence electrons. The summed E-state index contributed by atoms with van der Waals surface area (Å²) in [5.41, 5.74) is 1.53. The van der Waals surface area contributed by atoms with E-state index >= 15 is 0 Å². The van der Waals surface area contributed by atoms with Gasteiger partial charge >= 0.3 is 0 Å². The Morgan fingerprint density at radius 3 is 2.50 bits per heavy atom. The molecule has 0 radical (unpaired) electrons. The highest BCUT2D eigenvalue weighted by molar-refractivity contribution is 6.40. The molecule has 7 heteroatoms. The van der Waals surface area contributed by atoms with Crippen LogP contribution >= 0.6 is 23.2 Å². The first-order chi connectivity index (χ1) is 12.6. The standard InChI is InChI=1S/C19H15Cl2N3O2/c1-26-16-8-3-2-7-15(16)23-17-11-12(9-10-22-17)19(25)24-18-13(20)5-4-6-14(18)21/h2-11H,1H3,(H,22,23)(H,24,25). The van der Waals surface area contributed by atoms with Gasteiger partial charge in [-0.15, -0.1) is 0 Å². The zero-order valence-corrected chi connectivity index (χ0v) is 15.3. The van der Waals surface area contributed by atoms with Crippen molar-refractivity contribution in [2.45, 2.75) is 0 Å². The van der Waals surface area contributed by atoms with E-state index in [9.17, 15) is 4.79 Å². The van der Waals surface area contributed by atoms with Gasteiger partial charge in [-0.05, 0) is 36.4 Å². The Labute approximate surface area is 160 Å². The Morgan fingerprint density at radius 2 is 1.77 bits per heavy atom. The summed E-state index contributed by atoms with van der Waals surface area (Å²) < 4.78 is 5.30. The molecule has 0 fully saturated rings. The van der Waals surface area contributed by atoms with E-state index in [0.29, 0.717) is 32.9 Å². The van der Waals surface area contributed by atoms with E-state index in [2.05, 4.69) is 15.6 Å². The lowest BCUT2D eigenvalue weighted by atomic mass is 10.2. The highest BCUT2D eigenvalue weighted by atomic mass is 35.5. The number of rotatable bonds is 5. The predicted molar refractivity (Wildman–Crippen MR) is 105 cm³/mol. The molecule has 0 atom stereocenters. The van der Waals surface area contributed by atoms with Crippen LogP contribution in [0.3, 0.4) is 0 Å². The Kier molecular flexibility index (Phi) is 5.61. The quantitative estimate of drug-likeness (QED) is 0.615. The molecule has 0 saturated heterocycles. The smallest absolute Gasteiger partial charge is 0.255 e. The molecule has 3 aromatic rings. The number of carbonyl (C=O) groups excluding carboxylic acids is 1. The van der Waals surface area contributed by atoms with Gasteiger partial charge in [0.05, 0.1) is 28.5 Å². The van der Waals surface area contributed by atoms with Crippen molar-refractivity contribution in [1.82, 2.24) is 4.98 Å². The minimum Gasteiger partial charge on any atom is -0.495 e. The average molecular weight is 388 g/mol. The van der Waals surface area contributed by atoms with Crippen LogP contribution in [0.15, 0.2) is 60.8 Å². The minimum atomic E-state index is -0.342. The van der Waals surface area contributed by atoms with Gasteiger partial charge in [-0.1, -0.05) is 41.4 Å². The van der Waals surface area contributed by atoms with Crippen molar-refractivity contribution in [2.24, 2.45) is 0 Å². The van der Waals surface area contributed by atoms with Gasteiger partial charge in [0.2, 0.25) is 0 Å². The van der Waals surface area contributed by atoms with Crippen LogP contribution in [0.5, 0.6) is 5.75 Å². The van der Waals surface area contributed by atoms with Gasteiger partial charge in [0.15, 0.2) is 0 Å². The number of pyridine rings is 1. The predicted octanol–water partition coefficient (Wildman–Crippen LogP) is 5.39. The van der Waals surface area contributed by atoms with Crippen LogP contribution in [0.2, 0.25) is 10.0 Å². The monoisotopic (exact) mass is 387 g/mol. The number of hydrogen-bond donors (Lipinski definition) is 2. The van der Waals surface area contributed by atoms with Crippen LogP contribution in [0.25, 0.3) is 0 Å². The number of hydrogen-bond acceptors (Lipinski definition) is 4. The van der Waals surface area contributed by atoms with Gasteiger partial charge in [-0.25, -0.2) is 4.98 Å². The zero-order chi connectivity index (χ0) is 18.5. The van der Waals surface area contributed by atoms with Crippen molar-refractivity contribution in [3.63, 3.8) is 0 Å². The molecule has 0 aliphatic heterocycles. The van der Waals surface area contributed by atoms with E-state index < -0.39 is 0 Å². The SMILES string of the molecule is COc1ccccc1Nc1cc(C(=O)Nc2c(Cl)cccc2Cl)ccn1.